The fraction of sp³-hybridized carbons (Fsp3) is 0.375. The molecule has 1 aliphatic carbocycles. The lowest BCUT2D eigenvalue weighted by atomic mass is 10.1. The number of benzene rings is 2. The summed E-state index contributed by atoms with van der Waals surface area (Å²) in [6.07, 6.45) is 3.92. The predicted octanol–water partition coefficient (Wildman–Crippen LogP) is 4.01. The Morgan fingerprint density at radius 3 is 2.48 bits per heavy atom. The smallest absolute Gasteiger partial charge is 0.251 e. The zero-order chi connectivity index (χ0) is 21.2. The standard InChI is InChI=1S/C24H25N3O3S/c28-23(25-15-22-26-20-3-1-2-4-21(20)31-22)16-7-9-18(10-8-16)30-19-11-13-27(14-12-19)24(29)17-5-6-17/h1-4,7-10,17,19H,5-6,11-15H2,(H,25,28). The normalized spacial score (nSPS) is 17.0. The molecule has 3 aromatic rings. The van der Waals surface area contributed by atoms with Crippen molar-refractivity contribution in [2.45, 2.75) is 38.3 Å². The van der Waals surface area contributed by atoms with Gasteiger partial charge in [-0.05, 0) is 49.2 Å². The van der Waals surface area contributed by atoms with Crippen LogP contribution in [0.3, 0.4) is 0 Å². The van der Waals surface area contributed by atoms with E-state index in [1.807, 2.05) is 41.3 Å². The summed E-state index contributed by atoms with van der Waals surface area (Å²) < 4.78 is 7.20. The highest BCUT2D eigenvalue weighted by atomic mass is 32.1. The molecule has 2 aliphatic rings. The molecule has 5 rings (SSSR count). The summed E-state index contributed by atoms with van der Waals surface area (Å²) in [6, 6.07) is 15.2. The van der Waals surface area contributed by atoms with Crippen LogP contribution in [0.2, 0.25) is 0 Å². The first-order chi connectivity index (χ1) is 15.2. The van der Waals surface area contributed by atoms with Crippen LogP contribution in [-0.2, 0) is 11.3 Å². The Hall–Kier alpha value is -2.93. The van der Waals surface area contributed by atoms with Crippen molar-refractivity contribution in [2.75, 3.05) is 13.1 Å². The van der Waals surface area contributed by atoms with Crippen molar-refractivity contribution in [2.24, 2.45) is 5.92 Å². The van der Waals surface area contributed by atoms with Crippen molar-refractivity contribution in [3.8, 4) is 5.75 Å². The number of carbonyl (C=O) groups is 2. The topological polar surface area (TPSA) is 71.5 Å². The van der Waals surface area contributed by atoms with Gasteiger partial charge in [0.2, 0.25) is 5.91 Å². The summed E-state index contributed by atoms with van der Waals surface area (Å²) in [5.41, 5.74) is 1.55. The molecular formula is C24H25N3O3S. The van der Waals surface area contributed by atoms with Crippen LogP contribution in [0.25, 0.3) is 10.2 Å². The minimum atomic E-state index is -0.127. The Balaban J connectivity index is 1.11. The van der Waals surface area contributed by atoms with Crippen LogP contribution in [0.5, 0.6) is 5.75 Å². The Morgan fingerprint density at radius 1 is 1.03 bits per heavy atom. The number of thiazole rings is 1. The van der Waals surface area contributed by atoms with Crippen molar-refractivity contribution in [3.63, 3.8) is 0 Å². The number of para-hydroxylation sites is 1. The number of nitrogens with zero attached hydrogens (tertiary/aromatic N) is 2. The summed E-state index contributed by atoms with van der Waals surface area (Å²) in [4.78, 5) is 31.2. The van der Waals surface area contributed by atoms with Crippen LogP contribution in [0.4, 0.5) is 0 Å². The van der Waals surface area contributed by atoms with Gasteiger partial charge < -0.3 is 15.0 Å². The maximum absolute atomic E-state index is 12.5. The Bertz CT molecular complexity index is 1050. The first-order valence-corrected chi connectivity index (χ1v) is 11.7. The molecule has 0 unspecified atom stereocenters. The molecule has 1 aliphatic heterocycles. The van der Waals surface area contributed by atoms with Crippen molar-refractivity contribution in [1.29, 1.82) is 0 Å². The number of carbonyl (C=O) groups excluding carboxylic acids is 2. The number of hydrogen-bond acceptors (Lipinski definition) is 5. The summed E-state index contributed by atoms with van der Waals surface area (Å²) in [5.74, 6) is 1.23. The fourth-order valence-electron chi connectivity index (χ4n) is 3.91. The van der Waals surface area contributed by atoms with Gasteiger partial charge >= 0.3 is 0 Å². The fourth-order valence-corrected chi connectivity index (χ4v) is 4.82. The highest BCUT2D eigenvalue weighted by molar-refractivity contribution is 7.18. The van der Waals surface area contributed by atoms with Gasteiger partial charge in [0.25, 0.3) is 5.91 Å². The molecule has 7 heteroatoms. The summed E-state index contributed by atoms with van der Waals surface area (Å²) in [5, 5.41) is 3.83. The van der Waals surface area contributed by atoms with E-state index in [1.54, 1.807) is 23.5 Å². The number of ether oxygens (including phenoxy) is 1. The molecule has 0 bridgehead atoms. The molecule has 6 nitrogen and oxygen atoms in total. The van der Waals surface area contributed by atoms with Gasteiger partial charge in [0.15, 0.2) is 0 Å². The van der Waals surface area contributed by atoms with Gasteiger partial charge in [-0.25, -0.2) is 4.98 Å². The number of aromatic nitrogens is 1. The molecular weight excluding hydrogens is 410 g/mol. The Morgan fingerprint density at radius 2 is 1.77 bits per heavy atom. The number of amides is 2. The summed E-state index contributed by atoms with van der Waals surface area (Å²) in [7, 11) is 0. The molecule has 1 aromatic heterocycles. The van der Waals surface area contributed by atoms with Gasteiger partial charge in [-0.2, -0.15) is 0 Å². The minimum absolute atomic E-state index is 0.113. The van der Waals surface area contributed by atoms with Crippen LogP contribution in [0, 0.1) is 5.92 Å². The van der Waals surface area contributed by atoms with Crippen molar-refractivity contribution >= 4 is 33.4 Å². The lowest BCUT2D eigenvalue weighted by Gasteiger charge is -2.32. The van der Waals surface area contributed by atoms with Gasteiger partial charge in [0.05, 0.1) is 16.8 Å². The number of rotatable bonds is 6. The van der Waals surface area contributed by atoms with E-state index in [0.29, 0.717) is 18.0 Å². The third-order valence-corrected chi connectivity index (χ3v) is 6.87. The lowest BCUT2D eigenvalue weighted by molar-refractivity contribution is -0.134. The second kappa shape index (κ2) is 8.67. The van der Waals surface area contributed by atoms with Gasteiger partial charge in [-0.15, -0.1) is 11.3 Å². The van der Waals surface area contributed by atoms with E-state index in [4.69, 9.17) is 4.74 Å². The SMILES string of the molecule is O=C(NCc1nc2ccccc2s1)c1ccc(OC2CCN(C(=O)C3CC3)CC2)cc1. The average Bonchev–Trinajstić information content (AvgIpc) is 3.57. The molecule has 2 aromatic carbocycles. The van der Waals surface area contributed by atoms with Crippen molar-refractivity contribution < 1.29 is 14.3 Å². The van der Waals surface area contributed by atoms with Gasteiger partial charge in [-0.3, -0.25) is 9.59 Å². The average molecular weight is 436 g/mol. The number of piperidine rings is 1. The third-order valence-electron chi connectivity index (χ3n) is 5.84. The zero-order valence-corrected chi connectivity index (χ0v) is 18.1. The molecule has 2 heterocycles. The van der Waals surface area contributed by atoms with Crippen LogP contribution in [0.1, 0.15) is 41.0 Å². The highest BCUT2D eigenvalue weighted by Crippen LogP contribution is 2.32. The second-order valence-corrected chi connectivity index (χ2v) is 9.31. The zero-order valence-electron chi connectivity index (χ0n) is 17.3. The summed E-state index contributed by atoms with van der Waals surface area (Å²) in [6.45, 7) is 1.95. The predicted molar refractivity (Wildman–Crippen MR) is 120 cm³/mol. The lowest BCUT2D eigenvalue weighted by Crippen LogP contribution is -2.42. The van der Waals surface area contributed by atoms with Crippen LogP contribution in [-0.4, -0.2) is 40.9 Å². The Labute approximate surface area is 185 Å². The van der Waals surface area contributed by atoms with Gasteiger partial charge in [-0.1, -0.05) is 12.1 Å². The molecule has 0 spiro atoms. The van der Waals surface area contributed by atoms with E-state index < -0.39 is 0 Å². The van der Waals surface area contributed by atoms with E-state index in [0.717, 1.165) is 59.7 Å². The molecule has 1 saturated heterocycles. The molecule has 0 radical (unpaired) electrons. The monoisotopic (exact) mass is 435 g/mol. The quantitative estimate of drug-likeness (QED) is 0.635. The van der Waals surface area contributed by atoms with E-state index in [9.17, 15) is 9.59 Å². The number of nitrogens with one attached hydrogen (secondary N) is 1. The molecule has 0 atom stereocenters. The molecule has 160 valence electrons. The van der Waals surface area contributed by atoms with Crippen molar-refractivity contribution in [3.05, 3.63) is 59.1 Å². The third kappa shape index (κ3) is 4.71. The van der Waals surface area contributed by atoms with Gasteiger partial charge in [0.1, 0.15) is 16.9 Å². The number of fused-ring (bicyclic) bond motifs is 1. The van der Waals surface area contributed by atoms with E-state index in [2.05, 4.69) is 10.3 Å². The van der Waals surface area contributed by atoms with Crippen LogP contribution in [0.15, 0.2) is 48.5 Å². The molecule has 1 N–H and O–H groups in total. The van der Waals surface area contributed by atoms with Crippen LogP contribution < -0.4 is 10.1 Å². The first-order valence-electron chi connectivity index (χ1n) is 10.8. The summed E-state index contributed by atoms with van der Waals surface area (Å²) >= 11 is 1.59. The number of likely N-dealkylation sites (tertiary alicyclic amines) is 1. The molecule has 2 fully saturated rings. The largest absolute Gasteiger partial charge is 0.490 e. The van der Waals surface area contributed by atoms with E-state index in [1.165, 1.54) is 0 Å². The minimum Gasteiger partial charge on any atom is -0.490 e. The molecule has 1 saturated carbocycles. The van der Waals surface area contributed by atoms with Crippen molar-refractivity contribution in [1.82, 2.24) is 15.2 Å². The van der Waals surface area contributed by atoms with Crippen LogP contribution >= 0.6 is 11.3 Å². The van der Waals surface area contributed by atoms with E-state index in [-0.39, 0.29) is 17.9 Å². The highest BCUT2D eigenvalue weighted by Gasteiger charge is 2.35. The van der Waals surface area contributed by atoms with Gasteiger partial charge in [0, 0.05) is 37.4 Å². The number of hydrogen-bond donors (Lipinski definition) is 1. The molecule has 2 amide bonds. The molecule has 31 heavy (non-hydrogen) atoms. The Kier molecular flexibility index (Phi) is 5.59. The van der Waals surface area contributed by atoms with E-state index >= 15 is 0 Å². The maximum Gasteiger partial charge on any atom is 0.251 e. The maximum atomic E-state index is 12.5. The first kappa shape index (κ1) is 20.0. The second-order valence-electron chi connectivity index (χ2n) is 8.20.